The summed E-state index contributed by atoms with van der Waals surface area (Å²) in [4.78, 5) is 20.9. The minimum Gasteiger partial charge on any atom is -0.352 e. The van der Waals surface area contributed by atoms with Crippen LogP contribution in [0.25, 0.3) is 5.65 Å². The fourth-order valence-corrected chi connectivity index (χ4v) is 3.00. The molecule has 0 atom stereocenters. The van der Waals surface area contributed by atoms with Gasteiger partial charge in [0.05, 0.1) is 0 Å². The molecule has 3 aromatic rings. The maximum atomic E-state index is 12.7. The fraction of sp³-hybridized carbons (Fsp3) is 0.353. The third kappa shape index (κ3) is 3.02. The van der Waals surface area contributed by atoms with Gasteiger partial charge in [-0.15, -0.1) is 15.3 Å². The van der Waals surface area contributed by atoms with E-state index in [1.54, 1.807) is 17.0 Å². The van der Waals surface area contributed by atoms with Gasteiger partial charge < -0.3 is 9.80 Å². The zero-order chi connectivity index (χ0) is 17.2. The van der Waals surface area contributed by atoms with Crippen molar-refractivity contribution in [2.24, 2.45) is 0 Å². The largest absolute Gasteiger partial charge is 0.352 e. The highest BCUT2D eigenvalue weighted by Crippen LogP contribution is 2.15. The summed E-state index contributed by atoms with van der Waals surface area (Å²) in [7, 11) is 0. The zero-order valence-electron chi connectivity index (χ0n) is 14.0. The van der Waals surface area contributed by atoms with Crippen LogP contribution in [0.5, 0.6) is 0 Å². The van der Waals surface area contributed by atoms with Crippen LogP contribution in [0.4, 0.5) is 5.82 Å². The summed E-state index contributed by atoms with van der Waals surface area (Å²) in [5, 5.41) is 12.3. The van der Waals surface area contributed by atoms with Gasteiger partial charge in [0.1, 0.15) is 17.8 Å². The SMILES string of the molecule is CCc1ccnc(C(=O)N2CCN(c3ccc4nncn4n3)CC2)c1. The van der Waals surface area contributed by atoms with Gasteiger partial charge in [0, 0.05) is 32.4 Å². The number of carbonyl (C=O) groups excluding carboxylic acids is 1. The molecule has 4 heterocycles. The molecule has 128 valence electrons. The van der Waals surface area contributed by atoms with E-state index in [2.05, 4.69) is 32.1 Å². The van der Waals surface area contributed by atoms with E-state index in [0.717, 1.165) is 36.5 Å². The van der Waals surface area contributed by atoms with Crippen molar-refractivity contribution < 1.29 is 4.79 Å². The molecule has 1 amide bonds. The Kier molecular flexibility index (Phi) is 4.01. The molecule has 1 saturated heterocycles. The lowest BCUT2D eigenvalue weighted by Gasteiger charge is -2.35. The lowest BCUT2D eigenvalue weighted by atomic mass is 10.1. The molecule has 0 bridgehead atoms. The number of pyridine rings is 1. The van der Waals surface area contributed by atoms with Gasteiger partial charge in [0.15, 0.2) is 5.65 Å². The van der Waals surface area contributed by atoms with Crippen LogP contribution >= 0.6 is 0 Å². The van der Waals surface area contributed by atoms with Crippen LogP contribution in [0.1, 0.15) is 23.0 Å². The molecule has 3 aromatic heterocycles. The summed E-state index contributed by atoms with van der Waals surface area (Å²) in [6.07, 6.45) is 4.19. The van der Waals surface area contributed by atoms with Crippen LogP contribution in [0, 0.1) is 0 Å². The first kappa shape index (κ1) is 15.5. The molecule has 0 aliphatic carbocycles. The highest BCUT2D eigenvalue weighted by molar-refractivity contribution is 5.92. The predicted molar refractivity (Wildman–Crippen MR) is 92.5 cm³/mol. The molecule has 1 aliphatic heterocycles. The topological polar surface area (TPSA) is 79.5 Å². The van der Waals surface area contributed by atoms with Crippen molar-refractivity contribution in [3.8, 4) is 0 Å². The molecule has 0 unspecified atom stereocenters. The van der Waals surface area contributed by atoms with Gasteiger partial charge in [-0.25, -0.2) is 0 Å². The van der Waals surface area contributed by atoms with Gasteiger partial charge in [0.2, 0.25) is 0 Å². The number of piperazine rings is 1. The Labute approximate surface area is 145 Å². The Morgan fingerprint density at radius 2 is 2.00 bits per heavy atom. The summed E-state index contributed by atoms with van der Waals surface area (Å²) >= 11 is 0. The lowest BCUT2D eigenvalue weighted by molar-refractivity contribution is 0.0740. The number of carbonyl (C=O) groups is 1. The highest BCUT2D eigenvalue weighted by Gasteiger charge is 2.24. The number of hydrogen-bond acceptors (Lipinski definition) is 6. The van der Waals surface area contributed by atoms with Crippen molar-refractivity contribution in [2.45, 2.75) is 13.3 Å². The second kappa shape index (κ2) is 6.46. The Morgan fingerprint density at radius 3 is 2.80 bits per heavy atom. The molecule has 0 radical (unpaired) electrons. The Balaban J connectivity index is 1.44. The van der Waals surface area contributed by atoms with Gasteiger partial charge in [-0.05, 0) is 36.2 Å². The smallest absolute Gasteiger partial charge is 0.272 e. The minimum absolute atomic E-state index is 0.00262. The summed E-state index contributed by atoms with van der Waals surface area (Å²) in [5.41, 5.74) is 2.37. The Bertz CT molecular complexity index is 899. The van der Waals surface area contributed by atoms with E-state index in [0.29, 0.717) is 18.8 Å². The average Bonchev–Trinajstić information content (AvgIpc) is 3.15. The number of rotatable bonds is 3. The maximum Gasteiger partial charge on any atom is 0.272 e. The second-order valence-corrected chi connectivity index (χ2v) is 6.01. The van der Waals surface area contributed by atoms with E-state index >= 15 is 0 Å². The second-order valence-electron chi connectivity index (χ2n) is 6.01. The van der Waals surface area contributed by atoms with Gasteiger partial charge in [0.25, 0.3) is 5.91 Å². The van der Waals surface area contributed by atoms with Gasteiger partial charge in [-0.3, -0.25) is 9.78 Å². The Hall–Kier alpha value is -3.03. The molecule has 8 nitrogen and oxygen atoms in total. The normalized spacial score (nSPS) is 14.9. The van der Waals surface area contributed by atoms with Crippen molar-refractivity contribution >= 4 is 17.4 Å². The predicted octanol–water partition coefficient (Wildman–Crippen LogP) is 1.04. The maximum absolute atomic E-state index is 12.7. The van der Waals surface area contributed by atoms with Crippen LogP contribution in [0.3, 0.4) is 0 Å². The first-order valence-corrected chi connectivity index (χ1v) is 8.41. The first-order valence-electron chi connectivity index (χ1n) is 8.41. The number of hydrogen-bond donors (Lipinski definition) is 0. The van der Waals surface area contributed by atoms with Gasteiger partial charge >= 0.3 is 0 Å². The van der Waals surface area contributed by atoms with Crippen molar-refractivity contribution in [3.63, 3.8) is 0 Å². The summed E-state index contributed by atoms with van der Waals surface area (Å²) < 4.78 is 1.66. The standard InChI is InChI=1S/C17H19N7O/c1-2-13-5-6-18-14(11-13)17(25)23-9-7-22(8-10-23)16-4-3-15-20-19-12-24(15)21-16/h3-6,11-12H,2,7-10H2,1H3. The molecule has 1 fully saturated rings. The van der Waals surface area contributed by atoms with E-state index in [1.807, 2.05) is 29.2 Å². The number of amides is 1. The van der Waals surface area contributed by atoms with Crippen molar-refractivity contribution in [1.82, 2.24) is 29.7 Å². The number of aryl methyl sites for hydroxylation is 1. The van der Waals surface area contributed by atoms with E-state index in [4.69, 9.17) is 0 Å². The van der Waals surface area contributed by atoms with Crippen LogP contribution in [-0.4, -0.2) is 61.8 Å². The molecule has 25 heavy (non-hydrogen) atoms. The molecule has 4 rings (SSSR count). The quantitative estimate of drug-likeness (QED) is 0.711. The lowest BCUT2D eigenvalue weighted by Crippen LogP contribution is -2.49. The molecular weight excluding hydrogens is 318 g/mol. The van der Waals surface area contributed by atoms with E-state index in [1.165, 1.54) is 0 Å². The third-order valence-corrected chi connectivity index (χ3v) is 4.49. The molecule has 0 aromatic carbocycles. The third-order valence-electron chi connectivity index (χ3n) is 4.49. The van der Waals surface area contributed by atoms with Gasteiger partial charge in [-0.1, -0.05) is 6.92 Å². The van der Waals surface area contributed by atoms with Gasteiger partial charge in [-0.2, -0.15) is 4.52 Å². The summed E-state index contributed by atoms with van der Waals surface area (Å²) in [6.45, 7) is 4.85. The number of aromatic nitrogens is 5. The molecule has 1 aliphatic rings. The highest BCUT2D eigenvalue weighted by atomic mass is 16.2. The van der Waals surface area contributed by atoms with Crippen molar-refractivity contribution in [3.05, 3.63) is 48.0 Å². The van der Waals surface area contributed by atoms with Crippen LogP contribution in [-0.2, 0) is 6.42 Å². The zero-order valence-corrected chi connectivity index (χ0v) is 14.0. The van der Waals surface area contributed by atoms with Crippen LogP contribution in [0.2, 0.25) is 0 Å². The average molecular weight is 337 g/mol. The van der Waals surface area contributed by atoms with Crippen molar-refractivity contribution in [1.29, 1.82) is 0 Å². The Morgan fingerprint density at radius 1 is 1.16 bits per heavy atom. The first-order chi connectivity index (χ1) is 12.2. The van der Waals surface area contributed by atoms with Crippen LogP contribution < -0.4 is 4.90 Å². The molecule has 0 N–H and O–H groups in total. The van der Waals surface area contributed by atoms with E-state index in [9.17, 15) is 4.79 Å². The van der Waals surface area contributed by atoms with Crippen LogP contribution in [0.15, 0.2) is 36.8 Å². The monoisotopic (exact) mass is 337 g/mol. The fourth-order valence-electron chi connectivity index (χ4n) is 3.00. The number of fused-ring (bicyclic) bond motifs is 1. The number of anilines is 1. The number of nitrogens with zero attached hydrogens (tertiary/aromatic N) is 7. The molecule has 0 spiro atoms. The van der Waals surface area contributed by atoms with E-state index in [-0.39, 0.29) is 5.91 Å². The molecular formula is C17H19N7O. The summed E-state index contributed by atoms with van der Waals surface area (Å²) in [5.74, 6) is 0.864. The summed E-state index contributed by atoms with van der Waals surface area (Å²) in [6, 6.07) is 7.67. The van der Waals surface area contributed by atoms with E-state index < -0.39 is 0 Å². The van der Waals surface area contributed by atoms with Crippen molar-refractivity contribution in [2.75, 3.05) is 31.1 Å². The molecule has 0 saturated carbocycles. The minimum atomic E-state index is -0.00262. The molecule has 8 heteroatoms.